The van der Waals surface area contributed by atoms with E-state index in [9.17, 15) is 13.2 Å². The molecule has 1 N–H and O–H groups in total. The van der Waals surface area contributed by atoms with Crippen molar-refractivity contribution in [3.63, 3.8) is 0 Å². The number of methoxy groups -OCH3 is 1. The number of likely N-dealkylation sites (tertiary alicyclic amines) is 1. The number of ether oxygens (including phenoxy) is 2. The van der Waals surface area contributed by atoms with Gasteiger partial charge in [0.1, 0.15) is 12.4 Å². The lowest BCUT2D eigenvalue weighted by Gasteiger charge is -2.40. The topological polar surface area (TPSA) is 88.2 Å². The van der Waals surface area contributed by atoms with Crippen LogP contribution in [0.3, 0.4) is 0 Å². The Balaban J connectivity index is 1.17. The molecule has 1 saturated heterocycles. The molecule has 2 aromatic rings. The summed E-state index contributed by atoms with van der Waals surface area (Å²) in [6, 6.07) is 13.4. The molecule has 9 heteroatoms. The second-order valence-electron chi connectivity index (χ2n) is 12.1. The van der Waals surface area contributed by atoms with E-state index in [-0.39, 0.29) is 31.7 Å². The standard InChI is InChI=1S/C33H49N3O5S/c1-24-21-31(40-5)25(2)26(3)33(24)42(38,39)35(4)19-20-41-23-32(37)34-29-16-14-27(15-17-29)22-36-18-10-9-13-30(36)28-11-7-6-8-12-28/h6-8,11-12,21,27,29-30H,9-10,13-20,22-23H2,1-5H3,(H,34,37). The second kappa shape index (κ2) is 14.8. The molecule has 1 aliphatic heterocycles. The van der Waals surface area contributed by atoms with Gasteiger partial charge in [0.25, 0.3) is 0 Å². The van der Waals surface area contributed by atoms with E-state index in [4.69, 9.17) is 9.47 Å². The van der Waals surface area contributed by atoms with Crippen LogP contribution in [0.25, 0.3) is 0 Å². The molecule has 0 radical (unpaired) electrons. The van der Waals surface area contributed by atoms with Crippen LogP contribution >= 0.6 is 0 Å². The van der Waals surface area contributed by atoms with Crippen LogP contribution in [0.5, 0.6) is 5.75 Å². The van der Waals surface area contributed by atoms with Gasteiger partial charge in [0.2, 0.25) is 15.9 Å². The summed E-state index contributed by atoms with van der Waals surface area (Å²) in [5.41, 5.74) is 3.56. The highest BCUT2D eigenvalue weighted by molar-refractivity contribution is 7.89. The number of piperidine rings is 1. The normalized spacial score (nSPS) is 21.8. The van der Waals surface area contributed by atoms with Crippen molar-refractivity contribution in [2.24, 2.45) is 5.92 Å². The first-order valence-electron chi connectivity index (χ1n) is 15.4. The number of amides is 1. The van der Waals surface area contributed by atoms with Gasteiger partial charge in [-0.2, -0.15) is 4.31 Å². The molecular formula is C33H49N3O5S. The number of carbonyl (C=O) groups excluding carboxylic acids is 1. The summed E-state index contributed by atoms with van der Waals surface area (Å²) in [4.78, 5) is 15.6. The second-order valence-corrected chi connectivity index (χ2v) is 14.0. The van der Waals surface area contributed by atoms with Crippen molar-refractivity contribution in [3.05, 3.63) is 58.7 Å². The lowest BCUT2D eigenvalue weighted by atomic mass is 9.84. The molecule has 1 atom stereocenters. The van der Waals surface area contributed by atoms with Crippen LogP contribution in [-0.2, 0) is 19.6 Å². The molecule has 0 aromatic heterocycles. The quantitative estimate of drug-likeness (QED) is 0.339. The third-order valence-corrected chi connectivity index (χ3v) is 11.3. The number of nitrogens with one attached hydrogen (secondary N) is 1. The Morgan fingerprint density at radius 2 is 1.74 bits per heavy atom. The lowest BCUT2D eigenvalue weighted by molar-refractivity contribution is -0.126. The molecule has 1 aliphatic carbocycles. The monoisotopic (exact) mass is 599 g/mol. The number of carbonyl (C=O) groups is 1. The minimum Gasteiger partial charge on any atom is -0.496 e. The van der Waals surface area contributed by atoms with E-state index in [0.717, 1.165) is 37.8 Å². The Labute approximate surface area is 252 Å². The molecular weight excluding hydrogens is 550 g/mol. The minimum atomic E-state index is -3.71. The number of benzene rings is 2. The van der Waals surface area contributed by atoms with E-state index in [1.165, 1.54) is 35.7 Å². The molecule has 1 amide bonds. The van der Waals surface area contributed by atoms with Gasteiger partial charge in [-0.15, -0.1) is 0 Å². The van der Waals surface area contributed by atoms with Crippen LogP contribution < -0.4 is 10.1 Å². The highest BCUT2D eigenvalue weighted by Gasteiger charge is 2.30. The molecule has 4 rings (SSSR count). The summed E-state index contributed by atoms with van der Waals surface area (Å²) in [5.74, 6) is 1.20. The SMILES string of the molecule is COc1cc(C)c(S(=O)(=O)N(C)CCOCC(=O)NC2CCC(CN3CCCCC3c3ccccc3)CC2)c(C)c1C. The van der Waals surface area contributed by atoms with Crippen LogP contribution in [0, 0.1) is 26.7 Å². The van der Waals surface area contributed by atoms with Crippen molar-refractivity contribution in [2.45, 2.75) is 82.7 Å². The third kappa shape index (κ3) is 7.92. The lowest BCUT2D eigenvalue weighted by Crippen LogP contribution is -2.42. The highest BCUT2D eigenvalue weighted by atomic mass is 32.2. The summed E-state index contributed by atoms with van der Waals surface area (Å²) >= 11 is 0. The van der Waals surface area contributed by atoms with E-state index in [1.807, 2.05) is 6.92 Å². The molecule has 8 nitrogen and oxygen atoms in total. The van der Waals surface area contributed by atoms with Crippen LogP contribution in [0.15, 0.2) is 41.3 Å². The fourth-order valence-corrected chi connectivity index (χ4v) is 8.25. The van der Waals surface area contributed by atoms with E-state index in [0.29, 0.717) is 33.7 Å². The zero-order valence-electron chi connectivity index (χ0n) is 26.0. The van der Waals surface area contributed by atoms with Crippen LogP contribution in [-0.4, -0.2) is 76.6 Å². The van der Waals surface area contributed by atoms with E-state index in [1.54, 1.807) is 34.1 Å². The number of hydrogen-bond donors (Lipinski definition) is 1. The maximum Gasteiger partial charge on any atom is 0.246 e. The van der Waals surface area contributed by atoms with Gasteiger partial charge in [0, 0.05) is 32.2 Å². The number of hydrogen-bond acceptors (Lipinski definition) is 6. The van der Waals surface area contributed by atoms with E-state index >= 15 is 0 Å². The first-order chi connectivity index (χ1) is 20.1. The van der Waals surface area contributed by atoms with Gasteiger partial charge in [0.05, 0.1) is 18.6 Å². The van der Waals surface area contributed by atoms with E-state index in [2.05, 4.69) is 40.5 Å². The molecule has 2 aliphatic rings. The molecule has 232 valence electrons. The zero-order valence-corrected chi connectivity index (χ0v) is 26.8. The number of nitrogens with zero attached hydrogens (tertiary/aromatic N) is 2. The Morgan fingerprint density at radius 1 is 1.02 bits per heavy atom. The smallest absolute Gasteiger partial charge is 0.246 e. The Morgan fingerprint density at radius 3 is 2.43 bits per heavy atom. The van der Waals surface area contributed by atoms with Crippen molar-refractivity contribution < 1.29 is 22.7 Å². The van der Waals surface area contributed by atoms with Crippen LogP contribution in [0.1, 0.15) is 73.2 Å². The molecule has 42 heavy (non-hydrogen) atoms. The van der Waals surface area contributed by atoms with Crippen molar-refractivity contribution >= 4 is 15.9 Å². The molecule has 2 fully saturated rings. The molecule has 1 saturated carbocycles. The summed E-state index contributed by atoms with van der Waals surface area (Å²) in [5, 5.41) is 3.13. The molecule has 0 bridgehead atoms. The first kappa shape index (κ1) is 32.5. The maximum atomic E-state index is 13.3. The van der Waals surface area contributed by atoms with Crippen LogP contribution in [0.2, 0.25) is 0 Å². The Hall–Kier alpha value is -2.46. The summed E-state index contributed by atoms with van der Waals surface area (Å²) < 4.78 is 38.9. The largest absolute Gasteiger partial charge is 0.496 e. The Kier molecular flexibility index (Phi) is 11.5. The summed E-state index contributed by atoms with van der Waals surface area (Å²) in [6.07, 6.45) is 8.02. The summed E-state index contributed by atoms with van der Waals surface area (Å²) in [6.45, 7) is 7.97. The first-order valence-corrected chi connectivity index (χ1v) is 16.8. The molecule has 1 heterocycles. The number of sulfonamides is 1. The number of rotatable bonds is 12. The average molecular weight is 600 g/mol. The molecule has 1 unspecified atom stereocenters. The summed E-state index contributed by atoms with van der Waals surface area (Å²) in [7, 11) is -0.589. The van der Waals surface area contributed by atoms with Gasteiger partial charge in [-0.05, 0) is 100 Å². The van der Waals surface area contributed by atoms with Crippen molar-refractivity contribution in [3.8, 4) is 5.75 Å². The predicted octanol–water partition coefficient (Wildman–Crippen LogP) is 5.16. The predicted molar refractivity (Wildman–Crippen MR) is 166 cm³/mol. The van der Waals surface area contributed by atoms with Crippen molar-refractivity contribution in [1.29, 1.82) is 0 Å². The minimum absolute atomic E-state index is 0.0694. The van der Waals surface area contributed by atoms with Gasteiger partial charge in [-0.25, -0.2) is 8.42 Å². The maximum absolute atomic E-state index is 13.3. The van der Waals surface area contributed by atoms with Gasteiger partial charge >= 0.3 is 0 Å². The van der Waals surface area contributed by atoms with E-state index < -0.39 is 10.0 Å². The fourth-order valence-electron chi connectivity index (χ4n) is 6.62. The van der Waals surface area contributed by atoms with Crippen molar-refractivity contribution in [1.82, 2.24) is 14.5 Å². The highest BCUT2D eigenvalue weighted by Crippen LogP contribution is 2.34. The molecule has 0 spiro atoms. The zero-order chi connectivity index (χ0) is 30.3. The molecule has 2 aromatic carbocycles. The van der Waals surface area contributed by atoms with Crippen molar-refractivity contribution in [2.75, 3.05) is 47.0 Å². The van der Waals surface area contributed by atoms with Gasteiger partial charge in [0.15, 0.2) is 0 Å². The fraction of sp³-hybridized carbons (Fsp3) is 0.606. The number of likely N-dealkylation sites (N-methyl/N-ethyl adjacent to an activating group) is 1. The van der Waals surface area contributed by atoms with Gasteiger partial charge in [-0.1, -0.05) is 36.8 Å². The van der Waals surface area contributed by atoms with Gasteiger partial charge < -0.3 is 14.8 Å². The average Bonchev–Trinajstić information content (AvgIpc) is 2.98. The van der Waals surface area contributed by atoms with Gasteiger partial charge in [-0.3, -0.25) is 9.69 Å². The van der Waals surface area contributed by atoms with Crippen LogP contribution in [0.4, 0.5) is 0 Å². The Bertz CT molecular complexity index is 1290. The number of aryl methyl sites for hydroxylation is 1. The third-order valence-electron chi connectivity index (χ3n) is 9.15.